The summed E-state index contributed by atoms with van der Waals surface area (Å²) in [6.45, 7) is 0. The Bertz CT molecular complexity index is 3440. The maximum Gasteiger partial charge on any atom is 0.0714 e. The average Bonchev–Trinajstić information content (AvgIpc) is 3.67. The van der Waals surface area contributed by atoms with Crippen LogP contribution in [0.1, 0.15) is 22.3 Å². The third-order valence-electron chi connectivity index (χ3n) is 13.3. The molecule has 1 heteroatoms. The van der Waals surface area contributed by atoms with Gasteiger partial charge in [0, 0.05) is 16.9 Å². The van der Waals surface area contributed by atoms with Crippen LogP contribution in [0.15, 0.2) is 261 Å². The Kier molecular flexibility index (Phi) is 9.13. The molecule has 0 amide bonds. The molecule has 0 N–H and O–H groups in total. The van der Waals surface area contributed by atoms with Crippen molar-refractivity contribution in [2.45, 2.75) is 5.41 Å². The topological polar surface area (TPSA) is 3.24 Å². The SMILES string of the molecule is c1ccc(-c2ccc(N(c3ccc4c(c3)C(c3ccccc3)(c3ccccc3)c3ccccc3-4)c3cccc(-c4ccc5ccccc5c4)c3-c3cccc4ccccc34)cc2)cc1. The Hall–Kier alpha value is -8.26. The second kappa shape index (κ2) is 15.6. The molecule has 0 fully saturated rings. The first kappa shape index (κ1) is 37.5. The van der Waals surface area contributed by atoms with Gasteiger partial charge < -0.3 is 4.90 Å². The zero-order valence-corrected chi connectivity index (χ0v) is 35.3. The summed E-state index contributed by atoms with van der Waals surface area (Å²) in [4.78, 5) is 2.50. The molecule has 64 heavy (non-hydrogen) atoms. The predicted molar refractivity (Wildman–Crippen MR) is 270 cm³/mol. The lowest BCUT2D eigenvalue weighted by Gasteiger charge is -2.35. The molecule has 12 rings (SSSR count). The molecule has 0 saturated carbocycles. The summed E-state index contributed by atoms with van der Waals surface area (Å²) >= 11 is 0. The molecular formula is C63H43N. The Morgan fingerprint density at radius 2 is 0.812 bits per heavy atom. The van der Waals surface area contributed by atoms with Gasteiger partial charge in [0.15, 0.2) is 0 Å². The van der Waals surface area contributed by atoms with Crippen molar-refractivity contribution in [2.24, 2.45) is 0 Å². The van der Waals surface area contributed by atoms with Gasteiger partial charge in [-0.15, -0.1) is 0 Å². The Morgan fingerprint density at radius 1 is 0.281 bits per heavy atom. The molecule has 0 aliphatic heterocycles. The van der Waals surface area contributed by atoms with Gasteiger partial charge in [-0.2, -0.15) is 0 Å². The highest BCUT2D eigenvalue weighted by atomic mass is 15.1. The zero-order chi connectivity index (χ0) is 42.5. The highest BCUT2D eigenvalue weighted by molar-refractivity contribution is 6.07. The molecule has 11 aromatic rings. The molecule has 0 aromatic heterocycles. The number of benzene rings is 11. The number of rotatable bonds is 8. The standard InChI is InChI=1S/C63H43N/c1-4-18-44(19-5-1)46-36-38-52(39-37-46)64(53-40-41-57-56-29-14-15-32-59(56)63(60(57)43-53,50-24-6-2-7-25-50)51-26-8-3-9-27-51)61-33-17-30-55(49-35-34-45-20-10-11-22-48(45)42-49)62(61)58-31-16-23-47-21-12-13-28-54(47)58/h1-43H. The van der Waals surface area contributed by atoms with Crippen molar-refractivity contribution in [1.29, 1.82) is 0 Å². The van der Waals surface area contributed by atoms with Gasteiger partial charge in [0.2, 0.25) is 0 Å². The highest BCUT2D eigenvalue weighted by Crippen LogP contribution is 2.58. The van der Waals surface area contributed by atoms with Crippen molar-refractivity contribution < 1.29 is 0 Å². The number of nitrogens with zero attached hydrogens (tertiary/aromatic N) is 1. The van der Waals surface area contributed by atoms with Gasteiger partial charge in [0.25, 0.3) is 0 Å². The van der Waals surface area contributed by atoms with Crippen LogP contribution in [0.3, 0.4) is 0 Å². The van der Waals surface area contributed by atoms with Crippen molar-refractivity contribution in [3.8, 4) is 44.5 Å². The highest BCUT2D eigenvalue weighted by Gasteiger charge is 2.46. The molecule has 11 aromatic carbocycles. The molecule has 0 saturated heterocycles. The maximum atomic E-state index is 2.50. The van der Waals surface area contributed by atoms with Gasteiger partial charge >= 0.3 is 0 Å². The summed E-state index contributed by atoms with van der Waals surface area (Å²) in [5, 5.41) is 4.88. The third kappa shape index (κ3) is 6.08. The Morgan fingerprint density at radius 3 is 1.58 bits per heavy atom. The molecule has 0 radical (unpaired) electrons. The first-order chi connectivity index (χ1) is 31.8. The van der Waals surface area contributed by atoms with Gasteiger partial charge in [0.1, 0.15) is 0 Å². The normalized spacial score (nSPS) is 12.5. The van der Waals surface area contributed by atoms with E-state index in [9.17, 15) is 0 Å². The van der Waals surface area contributed by atoms with E-state index in [1.165, 1.54) is 88.3 Å². The fourth-order valence-corrected chi connectivity index (χ4v) is 10.5. The van der Waals surface area contributed by atoms with Crippen molar-refractivity contribution >= 4 is 38.6 Å². The van der Waals surface area contributed by atoms with Crippen LogP contribution < -0.4 is 4.90 Å². The van der Waals surface area contributed by atoms with E-state index in [-0.39, 0.29) is 0 Å². The van der Waals surface area contributed by atoms with E-state index >= 15 is 0 Å². The van der Waals surface area contributed by atoms with Gasteiger partial charge in [-0.1, -0.05) is 224 Å². The van der Waals surface area contributed by atoms with Crippen LogP contribution in [0.5, 0.6) is 0 Å². The molecule has 0 heterocycles. The summed E-state index contributed by atoms with van der Waals surface area (Å²) in [5.74, 6) is 0. The largest absolute Gasteiger partial charge is 0.310 e. The lowest BCUT2D eigenvalue weighted by atomic mass is 9.67. The summed E-state index contributed by atoms with van der Waals surface area (Å²) in [5.41, 5.74) is 17.4. The molecule has 0 unspecified atom stereocenters. The summed E-state index contributed by atoms with van der Waals surface area (Å²) in [6, 6.07) is 96.1. The molecule has 0 atom stereocenters. The van der Waals surface area contributed by atoms with Gasteiger partial charge in [-0.3, -0.25) is 0 Å². The van der Waals surface area contributed by atoms with E-state index in [4.69, 9.17) is 0 Å². The van der Waals surface area contributed by atoms with Crippen LogP contribution in [0.4, 0.5) is 17.1 Å². The van der Waals surface area contributed by atoms with E-state index < -0.39 is 5.41 Å². The van der Waals surface area contributed by atoms with Crippen LogP contribution in [-0.2, 0) is 5.41 Å². The van der Waals surface area contributed by atoms with Crippen molar-refractivity contribution in [2.75, 3.05) is 4.90 Å². The summed E-state index contributed by atoms with van der Waals surface area (Å²) in [6.07, 6.45) is 0. The van der Waals surface area contributed by atoms with Crippen molar-refractivity contribution in [1.82, 2.24) is 0 Å². The van der Waals surface area contributed by atoms with Crippen LogP contribution in [0, 0.1) is 0 Å². The maximum absolute atomic E-state index is 2.50. The lowest BCUT2D eigenvalue weighted by Crippen LogP contribution is -2.28. The van der Waals surface area contributed by atoms with Crippen molar-refractivity contribution in [3.05, 3.63) is 283 Å². The van der Waals surface area contributed by atoms with Crippen molar-refractivity contribution in [3.63, 3.8) is 0 Å². The first-order valence-electron chi connectivity index (χ1n) is 22.2. The fraction of sp³-hybridized carbons (Fsp3) is 0.0159. The smallest absolute Gasteiger partial charge is 0.0714 e. The average molecular weight is 814 g/mol. The summed E-state index contributed by atoms with van der Waals surface area (Å²) in [7, 11) is 0. The minimum absolute atomic E-state index is 0.543. The van der Waals surface area contributed by atoms with Crippen LogP contribution in [-0.4, -0.2) is 0 Å². The van der Waals surface area contributed by atoms with E-state index in [0.29, 0.717) is 0 Å². The Labute approximate surface area is 374 Å². The second-order valence-corrected chi connectivity index (χ2v) is 16.8. The van der Waals surface area contributed by atoms with Crippen LogP contribution in [0.2, 0.25) is 0 Å². The molecule has 1 aliphatic rings. The van der Waals surface area contributed by atoms with E-state index in [2.05, 4.69) is 266 Å². The minimum atomic E-state index is -0.543. The zero-order valence-electron chi connectivity index (χ0n) is 35.3. The third-order valence-corrected chi connectivity index (χ3v) is 13.3. The number of hydrogen-bond donors (Lipinski definition) is 0. The predicted octanol–water partition coefficient (Wildman–Crippen LogP) is 16.8. The monoisotopic (exact) mass is 813 g/mol. The lowest BCUT2D eigenvalue weighted by molar-refractivity contribution is 0.768. The molecule has 1 aliphatic carbocycles. The molecule has 0 bridgehead atoms. The number of fused-ring (bicyclic) bond motifs is 5. The Balaban J connectivity index is 1.16. The molecule has 300 valence electrons. The molecular weight excluding hydrogens is 771 g/mol. The van der Waals surface area contributed by atoms with Gasteiger partial charge in [-0.05, 0) is 119 Å². The van der Waals surface area contributed by atoms with E-state index in [0.717, 1.165) is 17.1 Å². The number of anilines is 3. The molecule has 0 spiro atoms. The van der Waals surface area contributed by atoms with Gasteiger partial charge in [-0.25, -0.2) is 0 Å². The van der Waals surface area contributed by atoms with E-state index in [1.807, 2.05) is 0 Å². The second-order valence-electron chi connectivity index (χ2n) is 16.8. The number of hydrogen-bond acceptors (Lipinski definition) is 1. The van der Waals surface area contributed by atoms with Gasteiger partial charge in [0.05, 0.1) is 11.1 Å². The first-order valence-corrected chi connectivity index (χ1v) is 22.2. The fourth-order valence-electron chi connectivity index (χ4n) is 10.5. The quantitative estimate of drug-likeness (QED) is 0.148. The molecule has 1 nitrogen and oxygen atoms in total. The summed E-state index contributed by atoms with van der Waals surface area (Å²) < 4.78 is 0. The van der Waals surface area contributed by atoms with E-state index in [1.54, 1.807) is 0 Å². The van der Waals surface area contributed by atoms with Crippen LogP contribution in [0.25, 0.3) is 66.1 Å². The van der Waals surface area contributed by atoms with Crippen LogP contribution >= 0.6 is 0 Å². The minimum Gasteiger partial charge on any atom is -0.310 e.